The molecule has 2 aromatic rings. The van der Waals surface area contributed by atoms with Gasteiger partial charge in [-0.2, -0.15) is 0 Å². The molecule has 174 valence electrons. The summed E-state index contributed by atoms with van der Waals surface area (Å²) in [6.45, 7) is 10.3. The van der Waals surface area contributed by atoms with E-state index in [1.807, 2.05) is 51.1 Å². The van der Waals surface area contributed by atoms with E-state index >= 15 is 0 Å². The van der Waals surface area contributed by atoms with Gasteiger partial charge in [0, 0.05) is 52.1 Å². The van der Waals surface area contributed by atoms with Gasteiger partial charge in [0.1, 0.15) is 11.5 Å². The van der Waals surface area contributed by atoms with E-state index in [-0.39, 0.29) is 11.8 Å². The largest absolute Gasteiger partial charge is 0.382 e. The van der Waals surface area contributed by atoms with Crippen LogP contribution in [-0.4, -0.2) is 72.5 Å². The lowest BCUT2D eigenvalue weighted by molar-refractivity contribution is -0.137. The number of carbonyl (C=O) groups is 2. The molecule has 0 radical (unpaired) electrons. The number of carbonyl (C=O) groups excluding carboxylic acids is 2. The third-order valence-electron chi connectivity index (χ3n) is 6.24. The molecule has 7 heteroatoms. The van der Waals surface area contributed by atoms with E-state index in [1.54, 1.807) is 6.20 Å². The number of nitrogens with zero attached hydrogens (tertiary/aromatic N) is 4. The maximum Gasteiger partial charge on any atom is 0.277 e. The molecule has 1 aromatic heterocycles. The SMILES string of the molecule is CCOCCCN1C(=O)C(c2ccc(C)cc2C)=C(N2CCN(c3ccccn3)CC2)C1=O. The van der Waals surface area contributed by atoms with Gasteiger partial charge in [0.05, 0.1) is 5.57 Å². The second-order valence-electron chi connectivity index (χ2n) is 8.52. The number of hydrogen-bond donors (Lipinski definition) is 0. The molecular weight excluding hydrogens is 416 g/mol. The van der Waals surface area contributed by atoms with Gasteiger partial charge < -0.3 is 14.5 Å². The average Bonchev–Trinajstić information content (AvgIpc) is 3.07. The predicted molar refractivity (Wildman–Crippen MR) is 129 cm³/mol. The van der Waals surface area contributed by atoms with Crippen LogP contribution in [0.15, 0.2) is 48.3 Å². The fraction of sp³-hybridized carbons (Fsp3) is 0.423. The molecule has 7 nitrogen and oxygen atoms in total. The van der Waals surface area contributed by atoms with Gasteiger partial charge in [0.15, 0.2) is 0 Å². The van der Waals surface area contributed by atoms with E-state index in [0.29, 0.717) is 50.5 Å². The number of imide groups is 1. The molecule has 0 spiro atoms. The molecule has 1 saturated heterocycles. The van der Waals surface area contributed by atoms with E-state index < -0.39 is 0 Å². The maximum atomic E-state index is 13.5. The molecule has 0 unspecified atom stereocenters. The van der Waals surface area contributed by atoms with Crippen molar-refractivity contribution in [1.82, 2.24) is 14.8 Å². The number of amides is 2. The Hall–Kier alpha value is -3.19. The van der Waals surface area contributed by atoms with Gasteiger partial charge in [-0.05, 0) is 50.5 Å². The van der Waals surface area contributed by atoms with Crippen molar-refractivity contribution in [3.05, 3.63) is 65.0 Å². The van der Waals surface area contributed by atoms with Crippen molar-refractivity contribution in [2.24, 2.45) is 0 Å². The zero-order valence-corrected chi connectivity index (χ0v) is 19.7. The van der Waals surface area contributed by atoms with Crippen molar-refractivity contribution in [2.45, 2.75) is 27.2 Å². The second-order valence-corrected chi connectivity index (χ2v) is 8.52. The normalized spacial score (nSPS) is 16.9. The number of ether oxygens (including phenoxy) is 1. The summed E-state index contributed by atoms with van der Waals surface area (Å²) in [5.41, 5.74) is 4.04. The Labute approximate surface area is 195 Å². The van der Waals surface area contributed by atoms with Gasteiger partial charge in [0.25, 0.3) is 11.8 Å². The Balaban J connectivity index is 1.61. The number of benzene rings is 1. The number of pyridine rings is 1. The minimum atomic E-state index is -0.203. The van der Waals surface area contributed by atoms with E-state index in [4.69, 9.17) is 4.74 Å². The van der Waals surface area contributed by atoms with Crippen molar-refractivity contribution in [3.8, 4) is 0 Å². The highest BCUT2D eigenvalue weighted by Gasteiger charge is 2.42. The van der Waals surface area contributed by atoms with E-state index in [1.165, 1.54) is 4.90 Å². The highest BCUT2D eigenvalue weighted by molar-refractivity contribution is 6.35. The molecular formula is C26H32N4O3. The number of anilines is 1. The minimum Gasteiger partial charge on any atom is -0.382 e. The van der Waals surface area contributed by atoms with Crippen molar-refractivity contribution < 1.29 is 14.3 Å². The highest BCUT2D eigenvalue weighted by atomic mass is 16.5. The van der Waals surface area contributed by atoms with E-state index in [9.17, 15) is 9.59 Å². The molecule has 0 atom stereocenters. The van der Waals surface area contributed by atoms with Crippen molar-refractivity contribution in [1.29, 1.82) is 0 Å². The monoisotopic (exact) mass is 448 g/mol. The van der Waals surface area contributed by atoms with Crippen LogP contribution in [0.1, 0.15) is 30.0 Å². The molecule has 2 aliphatic rings. The lowest BCUT2D eigenvalue weighted by atomic mass is 9.97. The van der Waals surface area contributed by atoms with E-state index in [2.05, 4.69) is 20.9 Å². The number of hydrogen-bond acceptors (Lipinski definition) is 6. The van der Waals surface area contributed by atoms with Crippen LogP contribution in [-0.2, 0) is 14.3 Å². The zero-order valence-electron chi connectivity index (χ0n) is 19.7. The molecule has 33 heavy (non-hydrogen) atoms. The highest BCUT2D eigenvalue weighted by Crippen LogP contribution is 2.34. The Bertz CT molecular complexity index is 1040. The first kappa shape index (κ1) is 23.0. The summed E-state index contributed by atoms with van der Waals surface area (Å²) in [5, 5.41) is 0. The lowest BCUT2D eigenvalue weighted by Gasteiger charge is -2.37. The topological polar surface area (TPSA) is 66.0 Å². The predicted octanol–water partition coefficient (Wildman–Crippen LogP) is 3.03. The van der Waals surface area contributed by atoms with Gasteiger partial charge in [-0.15, -0.1) is 0 Å². The maximum absolute atomic E-state index is 13.5. The van der Waals surface area contributed by atoms with Crippen molar-refractivity contribution in [2.75, 3.05) is 50.8 Å². The summed E-state index contributed by atoms with van der Waals surface area (Å²) in [5.74, 6) is 0.537. The van der Waals surface area contributed by atoms with Crippen LogP contribution in [0.5, 0.6) is 0 Å². The average molecular weight is 449 g/mol. The summed E-state index contributed by atoms with van der Waals surface area (Å²) >= 11 is 0. The summed E-state index contributed by atoms with van der Waals surface area (Å²) in [7, 11) is 0. The molecule has 0 bridgehead atoms. The molecule has 4 rings (SSSR count). The first-order valence-electron chi connectivity index (χ1n) is 11.7. The zero-order chi connectivity index (χ0) is 23.4. The second kappa shape index (κ2) is 10.2. The van der Waals surface area contributed by atoms with Crippen LogP contribution >= 0.6 is 0 Å². The lowest BCUT2D eigenvalue weighted by Crippen LogP contribution is -2.48. The molecule has 2 aliphatic heterocycles. The first-order valence-corrected chi connectivity index (χ1v) is 11.7. The summed E-state index contributed by atoms with van der Waals surface area (Å²) in [6.07, 6.45) is 2.42. The smallest absolute Gasteiger partial charge is 0.277 e. The Morgan fingerprint density at radius 2 is 1.73 bits per heavy atom. The number of aromatic nitrogens is 1. The van der Waals surface area contributed by atoms with Gasteiger partial charge in [-0.1, -0.05) is 29.8 Å². The third-order valence-corrected chi connectivity index (χ3v) is 6.24. The first-order chi connectivity index (χ1) is 16.0. The standard InChI is InChI=1S/C26H32N4O3/c1-4-33-17-7-12-30-25(31)23(21-10-9-19(2)18-20(21)3)24(26(30)32)29-15-13-28(14-16-29)22-8-5-6-11-27-22/h5-6,8-11,18H,4,7,12-17H2,1-3H3. The minimum absolute atomic E-state index is 0.197. The van der Waals surface area contributed by atoms with Crippen LogP contribution in [0.4, 0.5) is 5.82 Å². The third kappa shape index (κ3) is 4.78. The van der Waals surface area contributed by atoms with Crippen LogP contribution in [0, 0.1) is 13.8 Å². The molecule has 3 heterocycles. The molecule has 1 aromatic carbocycles. The van der Waals surface area contributed by atoms with Crippen LogP contribution < -0.4 is 4.90 Å². The van der Waals surface area contributed by atoms with Crippen molar-refractivity contribution >= 4 is 23.2 Å². The van der Waals surface area contributed by atoms with Gasteiger partial charge in [0.2, 0.25) is 0 Å². The quantitative estimate of drug-likeness (QED) is 0.457. The van der Waals surface area contributed by atoms with E-state index in [0.717, 1.165) is 35.6 Å². The van der Waals surface area contributed by atoms with Gasteiger partial charge in [-0.3, -0.25) is 14.5 Å². The molecule has 1 fully saturated rings. The summed E-state index contributed by atoms with van der Waals surface area (Å²) in [4.78, 5) is 37.2. The van der Waals surface area contributed by atoms with Gasteiger partial charge >= 0.3 is 0 Å². The molecule has 0 N–H and O–H groups in total. The Morgan fingerprint density at radius 1 is 0.970 bits per heavy atom. The summed E-state index contributed by atoms with van der Waals surface area (Å²) in [6, 6.07) is 11.9. The number of aryl methyl sites for hydroxylation is 2. The number of rotatable bonds is 8. The van der Waals surface area contributed by atoms with Crippen LogP contribution in [0.2, 0.25) is 0 Å². The fourth-order valence-electron chi connectivity index (χ4n) is 4.57. The Morgan fingerprint density at radius 3 is 2.39 bits per heavy atom. The van der Waals surface area contributed by atoms with Crippen molar-refractivity contribution in [3.63, 3.8) is 0 Å². The van der Waals surface area contributed by atoms with Gasteiger partial charge in [-0.25, -0.2) is 4.98 Å². The molecule has 2 amide bonds. The Kier molecular flexibility index (Phi) is 7.08. The van der Waals surface area contributed by atoms with Crippen LogP contribution in [0.3, 0.4) is 0 Å². The summed E-state index contributed by atoms with van der Waals surface area (Å²) < 4.78 is 5.42. The fourth-order valence-corrected chi connectivity index (χ4v) is 4.57. The molecule has 0 aliphatic carbocycles. The number of piperazine rings is 1. The molecule has 0 saturated carbocycles. The van der Waals surface area contributed by atoms with Crippen LogP contribution in [0.25, 0.3) is 5.57 Å².